The lowest BCUT2D eigenvalue weighted by Crippen LogP contribution is -1.89. The Hall–Kier alpha value is -1.34. The van der Waals surface area contributed by atoms with E-state index in [2.05, 4.69) is 6.07 Å². The molecule has 4 heteroatoms. The molecule has 0 N–H and O–H groups in total. The van der Waals surface area contributed by atoms with Crippen LogP contribution < -0.4 is 9.47 Å². The average Bonchev–Trinajstić information content (AvgIpc) is 2.62. The van der Waals surface area contributed by atoms with E-state index >= 15 is 0 Å². The number of methoxy groups -OCH3 is 1. The molecule has 2 rings (SSSR count). The summed E-state index contributed by atoms with van der Waals surface area (Å²) in [5, 5.41) is 8.79. The highest BCUT2D eigenvalue weighted by Gasteiger charge is 2.16. The van der Waals surface area contributed by atoms with Gasteiger partial charge >= 0.3 is 0 Å². The van der Waals surface area contributed by atoms with E-state index in [-0.39, 0.29) is 0 Å². The summed E-state index contributed by atoms with van der Waals surface area (Å²) in [4.78, 5) is 1.04. The molecule has 1 aromatic carbocycles. The largest absolute Gasteiger partial charge is 0.495 e. The van der Waals surface area contributed by atoms with Crippen LogP contribution >= 0.6 is 11.8 Å². The van der Waals surface area contributed by atoms with Gasteiger partial charge in [-0.15, -0.1) is 0 Å². The van der Waals surface area contributed by atoms with Crippen molar-refractivity contribution in [3.8, 4) is 17.6 Å². The third-order valence-corrected chi connectivity index (χ3v) is 2.68. The third-order valence-electron chi connectivity index (χ3n) is 1.82. The van der Waals surface area contributed by atoms with E-state index in [0.717, 1.165) is 10.6 Å². The van der Waals surface area contributed by atoms with Crippen molar-refractivity contribution in [2.24, 2.45) is 0 Å². The molecule has 3 nitrogen and oxygen atoms in total. The van der Waals surface area contributed by atoms with Crippen LogP contribution in [0.25, 0.3) is 0 Å². The fraction of sp³-hybridized carbons (Fsp3) is 0.222. The van der Waals surface area contributed by atoms with Crippen molar-refractivity contribution in [2.75, 3.05) is 13.0 Å². The SMILES string of the molecule is COc1cc2c(cc1C#N)OCS2. The van der Waals surface area contributed by atoms with Gasteiger partial charge in [0.1, 0.15) is 23.5 Å². The number of hydrogen-bond acceptors (Lipinski definition) is 4. The van der Waals surface area contributed by atoms with E-state index in [4.69, 9.17) is 14.7 Å². The summed E-state index contributed by atoms with van der Waals surface area (Å²) in [7, 11) is 1.56. The monoisotopic (exact) mass is 193 g/mol. The first kappa shape index (κ1) is 8.27. The molecule has 0 amide bonds. The number of nitrogens with zero attached hydrogens (tertiary/aromatic N) is 1. The van der Waals surface area contributed by atoms with Crippen LogP contribution in [0.2, 0.25) is 0 Å². The van der Waals surface area contributed by atoms with E-state index < -0.39 is 0 Å². The molecule has 66 valence electrons. The second kappa shape index (κ2) is 3.19. The average molecular weight is 193 g/mol. The number of hydrogen-bond donors (Lipinski definition) is 0. The van der Waals surface area contributed by atoms with Crippen LogP contribution in [0.3, 0.4) is 0 Å². The van der Waals surface area contributed by atoms with Crippen LogP contribution in [0.5, 0.6) is 11.5 Å². The summed E-state index contributed by atoms with van der Waals surface area (Å²) in [5.74, 6) is 2.01. The Morgan fingerprint density at radius 3 is 3.15 bits per heavy atom. The molecule has 0 spiro atoms. The number of rotatable bonds is 1. The van der Waals surface area contributed by atoms with Gasteiger partial charge in [0.05, 0.1) is 17.6 Å². The Morgan fingerprint density at radius 1 is 1.62 bits per heavy atom. The molecule has 0 aromatic heterocycles. The van der Waals surface area contributed by atoms with E-state index in [1.54, 1.807) is 24.9 Å². The normalized spacial score (nSPS) is 12.9. The minimum Gasteiger partial charge on any atom is -0.495 e. The van der Waals surface area contributed by atoms with Gasteiger partial charge in [-0.1, -0.05) is 11.8 Å². The van der Waals surface area contributed by atoms with E-state index in [1.807, 2.05) is 6.07 Å². The van der Waals surface area contributed by atoms with Crippen molar-refractivity contribution in [3.05, 3.63) is 17.7 Å². The van der Waals surface area contributed by atoms with Crippen LogP contribution in [0.1, 0.15) is 5.56 Å². The van der Waals surface area contributed by atoms with Gasteiger partial charge in [0.15, 0.2) is 0 Å². The molecule has 0 radical (unpaired) electrons. The first-order chi connectivity index (χ1) is 6.35. The molecule has 13 heavy (non-hydrogen) atoms. The topological polar surface area (TPSA) is 42.2 Å². The highest BCUT2D eigenvalue weighted by atomic mass is 32.2. The van der Waals surface area contributed by atoms with E-state index in [9.17, 15) is 0 Å². The van der Waals surface area contributed by atoms with Crippen LogP contribution in [-0.2, 0) is 0 Å². The molecule has 0 aliphatic carbocycles. The van der Waals surface area contributed by atoms with Crippen molar-refractivity contribution < 1.29 is 9.47 Å². The summed E-state index contributed by atoms with van der Waals surface area (Å²) in [6, 6.07) is 5.62. The molecule has 0 unspecified atom stereocenters. The second-order valence-corrected chi connectivity index (χ2v) is 3.48. The third kappa shape index (κ3) is 1.31. The zero-order chi connectivity index (χ0) is 9.26. The Bertz CT molecular complexity index is 384. The summed E-state index contributed by atoms with van der Waals surface area (Å²) in [6.07, 6.45) is 0. The standard InChI is InChI=1S/C9H7NO2S/c1-11-7-3-9-8(12-5-13-9)2-6(7)4-10/h2-3H,5H2,1H3. The first-order valence-corrected chi connectivity index (χ1v) is 4.71. The molecule has 1 aliphatic rings. The molecule has 0 atom stereocenters. The van der Waals surface area contributed by atoms with E-state index in [0.29, 0.717) is 17.3 Å². The number of benzene rings is 1. The minimum absolute atomic E-state index is 0.517. The Labute approximate surface area is 80.3 Å². The first-order valence-electron chi connectivity index (χ1n) is 3.73. The lowest BCUT2D eigenvalue weighted by atomic mass is 10.2. The van der Waals surface area contributed by atoms with Crippen LogP contribution in [0, 0.1) is 11.3 Å². The molecule has 0 bridgehead atoms. The zero-order valence-corrected chi connectivity index (χ0v) is 7.85. The van der Waals surface area contributed by atoms with Crippen molar-refractivity contribution in [2.45, 2.75) is 4.90 Å². The van der Waals surface area contributed by atoms with Gasteiger partial charge in [-0.05, 0) is 6.07 Å². The second-order valence-electron chi connectivity index (χ2n) is 2.52. The number of nitriles is 1. The number of fused-ring (bicyclic) bond motifs is 1. The van der Waals surface area contributed by atoms with Crippen LogP contribution in [0.4, 0.5) is 0 Å². The summed E-state index contributed by atoms with van der Waals surface area (Å²) in [5.41, 5.74) is 0.517. The fourth-order valence-corrected chi connectivity index (χ4v) is 1.94. The highest BCUT2D eigenvalue weighted by molar-refractivity contribution is 7.99. The van der Waals surface area contributed by atoms with Gasteiger partial charge in [-0.3, -0.25) is 0 Å². The molecule has 1 heterocycles. The molecular formula is C9H7NO2S. The summed E-state index contributed by atoms with van der Waals surface area (Å²) in [6.45, 7) is 0. The lowest BCUT2D eigenvalue weighted by molar-refractivity contribution is 0.390. The van der Waals surface area contributed by atoms with Crippen molar-refractivity contribution in [1.29, 1.82) is 5.26 Å². The highest BCUT2D eigenvalue weighted by Crippen LogP contribution is 2.40. The Balaban J connectivity index is 2.55. The minimum atomic E-state index is 0.517. The number of thioether (sulfide) groups is 1. The fourth-order valence-electron chi connectivity index (χ4n) is 1.18. The molecular weight excluding hydrogens is 186 g/mol. The Kier molecular flexibility index (Phi) is 2.03. The van der Waals surface area contributed by atoms with Gasteiger partial charge in [0.25, 0.3) is 0 Å². The van der Waals surface area contributed by atoms with Crippen molar-refractivity contribution in [3.63, 3.8) is 0 Å². The molecule has 0 saturated carbocycles. The molecule has 0 fully saturated rings. The van der Waals surface area contributed by atoms with Gasteiger partial charge in [0.2, 0.25) is 0 Å². The zero-order valence-electron chi connectivity index (χ0n) is 7.03. The van der Waals surface area contributed by atoms with Gasteiger partial charge in [-0.25, -0.2) is 0 Å². The van der Waals surface area contributed by atoms with E-state index in [1.165, 1.54) is 0 Å². The smallest absolute Gasteiger partial charge is 0.138 e. The maximum atomic E-state index is 8.79. The van der Waals surface area contributed by atoms with Gasteiger partial charge < -0.3 is 9.47 Å². The maximum absolute atomic E-state index is 8.79. The van der Waals surface area contributed by atoms with Crippen molar-refractivity contribution >= 4 is 11.8 Å². The van der Waals surface area contributed by atoms with Gasteiger partial charge in [0, 0.05) is 6.07 Å². The molecule has 1 aliphatic heterocycles. The lowest BCUT2D eigenvalue weighted by Gasteiger charge is -2.04. The molecule has 1 aromatic rings. The Morgan fingerprint density at radius 2 is 2.46 bits per heavy atom. The quantitative estimate of drug-likeness (QED) is 0.684. The molecule has 0 saturated heterocycles. The predicted octanol–water partition coefficient (Wildman–Crippen LogP) is 2.01. The predicted molar refractivity (Wildman–Crippen MR) is 49.1 cm³/mol. The van der Waals surface area contributed by atoms with Gasteiger partial charge in [-0.2, -0.15) is 5.26 Å². The number of ether oxygens (including phenoxy) is 2. The van der Waals surface area contributed by atoms with Crippen molar-refractivity contribution in [1.82, 2.24) is 0 Å². The summed E-state index contributed by atoms with van der Waals surface area (Å²) < 4.78 is 10.4. The van der Waals surface area contributed by atoms with Crippen LogP contribution in [-0.4, -0.2) is 13.0 Å². The maximum Gasteiger partial charge on any atom is 0.138 e. The summed E-state index contributed by atoms with van der Waals surface area (Å²) >= 11 is 1.60. The van der Waals surface area contributed by atoms with Crippen LogP contribution in [0.15, 0.2) is 17.0 Å².